The number of carbonyl (C=O) groups excluding carboxylic acids is 3. The van der Waals surface area contributed by atoms with Gasteiger partial charge in [0.15, 0.2) is 0 Å². The van der Waals surface area contributed by atoms with Gasteiger partial charge in [-0.25, -0.2) is 9.59 Å². The van der Waals surface area contributed by atoms with Gasteiger partial charge in [0.1, 0.15) is 12.3 Å². The van der Waals surface area contributed by atoms with Crippen LogP contribution < -0.4 is 21.3 Å². The number of urea groups is 2. The number of carbonyl (C=O) groups is 3. The lowest BCUT2D eigenvalue weighted by Gasteiger charge is -2.20. The number of amides is 5. The summed E-state index contributed by atoms with van der Waals surface area (Å²) in [6.07, 6.45) is 0.275. The van der Waals surface area contributed by atoms with Crippen LogP contribution in [0.2, 0.25) is 0 Å². The van der Waals surface area contributed by atoms with Crippen molar-refractivity contribution < 1.29 is 14.4 Å². The number of anilines is 1. The molecule has 1 aromatic heterocycles. The van der Waals surface area contributed by atoms with E-state index in [-0.39, 0.29) is 30.9 Å². The van der Waals surface area contributed by atoms with Crippen LogP contribution in [0, 0.1) is 6.92 Å². The summed E-state index contributed by atoms with van der Waals surface area (Å²) in [5.74, 6) is -0.183. The molecule has 1 aromatic carbocycles. The number of rotatable bonds is 6. The van der Waals surface area contributed by atoms with Crippen LogP contribution in [0.5, 0.6) is 0 Å². The predicted molar refractivity (Wildman–Crippen MR) is 105 cm³/mol. The zero-order chi connectivity index (χ0) is 19.8. The van der Waals surface area contributed by atoms with E-state index in [9.17, 15) is 14.4 Å². The molecule has 0 saturated carbocycles. The maximum atomic E-state index is 12.4. The molecule has 9 heteroatoms. The summed E-state index contributed by atoms with van der Waals surface area (Å²) in [5, 5.41) is 11.9. The van der Waals surface area contributed by atoms with Crippen LogP contribution in [0.4, 0.5) is 15.3 Å². The molecule has 0 aliphatic carbocycles. The molecule has 28 heavy (non-hydrogen) atoms. The van der Waals surface area contributed by atoms with Crippen molar-refractivity contribution in [2.75, 3.05) is 11.9 Å². The highest BCUT2D eigenvalue weighted by Crippen LogP contribution is 2.24. The van der Waals surface area contributed by atoms with Gasteiger partial charge >= 0.3 is 12.1 Å². The number of aromatic nitrogens is 1. The first kappa shape index (κ1) is 18.1. The van der Waals surface area contributed by atoms with E-state index in [4.69, 9.17) is 0 Å². The Morgan fingerprint density at radius 3 is 2.75 bits per heavy atom. The van der Waals surface area contributed by atoms with E-state index in [0.717, 1.165) is 29.6 Å². The van der Waals surface area contributed by atoms with E-state index >= 15 is 0 Å². The summed E-state index contributed by atoms with van der Waals surface area (Å²) in [6.45, 7) is 5.41. The van der Waals surface area contributed by atoms with Crippen molar-refractivity contribution in [3.63, 3.8) is 0 Å². The summed E-state index contributed by atoms with van der Waals surface area (Å²) >= 11 is 0. The Hall–Kier alpha value is -3.23. The number of nitrogens with one attached hydrogen (secondary N) is 4. The van der Waals surface area contributed by atoms with Gasteiger partial charge < -0.3 is 25.8 Å². The van der Waals surface area contributed by atoms with Gasteiger partial charge in [0, 0.05) is 41.8 Å². The molecule has 2 aromatic rings. The lowest BCUT2D eigenvalue weighted by molar-refractivity contribution is -0.116. The number of hydrogen-bond acceptors (Lipinski definition) is 3. The van der Waals surface area contributed by atoms with Crippen molar-refractivity contribution in [3.8, 4) is 0 Å². The Morgan fingerprint density at radius 2 is 1.96 bits per heavy atom. The lowest BCUT2D eigenvalue weighted by Crippen LogP contribution is -2.44. The van der Waals surface area contributed by atoms with E-state index in [2.05, 4.69) is 45.7 Å². The van der Waals surface area contributed by atoms with Crippen LogP contribution in [-0.2, 0) is 11.3 Å². The van der Waals surface area contributed by atoms with Gasteiger partial charge in [0.2, 0.25) is 5.91 Å². The summed E-state index contributed by atoms with van der Waals surface area (Å²) in [7, 11) is 0. The number of nitrogens with zero attached hydrogens (tertiary/aromatic N) is 2. The van der Waals surface area contributed by atoms with E-state index in [1.165, 1.54) is 10.6 Å². The Bertz CT molecular complexity index is 953. The Morgan fingerprint density at radius 1 is 1.14 bits per heavy atom. The summed E-state index contributed by atoms with van der Waals surface area (Å²) < 4.78 is 2.27. The second-order valence-corrected chi connectivity index (χ2v) is 7.19. The lowest BCUT2D eigenvalue weighted by atomic mass is 10.2. The molecule has 9 nitrogen and oxygen atoms in total. The Kier molecular flexibility index (Phi) is 4.58. The number of aryl methyl sites for hydroxylation is 2. The Labute approximate surface area is 162 Å². The maximum absolute atomic E-state index is 12.4. The summed E-state index contributed by atoms with van der Waals surface area (Å²) in [6, 6.07) is 7.36. The number of benzene rings is 1. The van der Waals surface area contributed by atoms with Gasteiger partial charge in [-0.2, -0.15) is 0 Å². The highest BCUT2D eigenvalue weighted by molar-refractivity contribution is 5.94. The molecule has 2 fully saturated rings. The first-order valence-corrected chi connectivity index (χ1v) is 9.50. The molecule has 2 aliphatic rings. The fraction of sp³-hybridized carbons (Fsp3) is 0.421. The second kappa shape index (κ2) is 7.06. The van der Waals surface area contributed by atoms with Crippen molar-refractivity contribution in [1.29, 1.82) is 0 Å². The highest BCUT2D eigenvalue weighted by atomic mass is 16.2. The topological polar surface area (TPSA) is 108 Å². The van der Waals surface area contributed by atoms with Crippen molar-refractivity contribution in [2.24, 2.45) is 0 Å². The van der Waals surface area contributed by atoms with Crippen molar-refractivity contribution in [3.05, 3.63) is 30.0 Å². The molecule has 0 unspecified atom stereocenters. The van der Waals surface area contributed by atoms with Crippen LogP contribution in [-0.4, -0.2) is 46.3 Å². The fourth-order valence-electron chi connectivity index (χ4n) is 3.89. The smallest absolute Gasteiger partial charge is 0.320 e. The van der Waals surface area contributed by atoms with Crippen molar-refractivity contribution in [2.45, 2.75) is 45.6 Å². The van der Waals surface area contributed by atoms with Crippen molar-refractivity contribution in [1.82, 2.24) is 25.4 Å². The van der Waals surface area contributed by atoms with Crippen LogP contribution in [0.1, 0.15) is 25.5 Å². The summed E-state index contributed by atoms with van der Waals surface area (Å²) in [4.78, 5) is 37.2. The number of hydrogen-bond donors (Lipinski definition) is 4. The normalized spacial score (nSPS) is 20.7. The third-order valence-corrected chi connectivity index (χ3v) is 5.18. The van der Waals surface area contributed by atoms with Gasteiger partial charge in [-0.15, -0.1) is 0 Å². The standard InChI is InChI=1S/C19H24N6O3/c1-3-7-24-11(2)9-12-10-13(4-5-14(12)24)20-15(26)6-8-25-17-16(22-19(25)28)21-18(27)23-17/h4-5,9-10,16-17H,3,6-8H2,1-2H3,(H,20,26)(H,22,28)(H2,21,23,27)/t16-,17-/m1/s1. The van der Waals surface area contributed by atoms with Gasteiger partial charge in [0.05, 0.1) is 0 Å². The summed E-state index contributed by atoms with van der Waals surface area (Å²) in [5.41, 5.74) is 3.08. The Balaban J connectivity index is 1.38. The minimum absolute atomic E-state index is 0.139. The molecule has 148 valence electrons. The zero-order valence-corrected chi connectivity index (χ0v) is 15.9. The molecule has 0 spiro atoms. The molecule has 3 heterocycles. The van der Waals surface area contributed by atoms with E-state index < -0.39 is 12.3 Å². The SMILES string of the molecule is CCCn1c(C)cc2cc(NC(=O)CCN3C(=O)N[C@H]4NC(=O)N[C@@H]43)ccc21. The second-order valence-electron chi connectivity index (χ2n) is 7.19. The van der Waals surface area contributed by atoms with Crippen LogP contribution in [0.3, 0.4) is 0 Å². The zero-order valence-electron chi connectivity index (χ0n) is 15.9. The molecular weight excluding hydrogens is 360 g/mol. The average molecular weight is 384 g/mol. The van der Waals surface area contributed by atoms with Crippen LogP contribution in [0.25, 0.3) is 10.9 Å². The molecule has 0 radical (unpaired) electrons. The quantitative estimate of drug-likeness (QED) is 0.609. The third-order valence-electron chi connectivity index (χ3n) is 5.18. The maximum Gasteiger partial charge on any atom is 0.320 e. The molecule has 5 amide bonds. The molecule has 4 rings (SSSR count). The molecule has 2 saturated heterocycles. The van der Waals surface area contributed by atoms with Gasteiger partial charge in [-0.1, -0.05) is 6.92 Å². The molecular formula is C19H24N6O3. The monoisotopic (exact) mass is 384 g/mol. The van der Waals surface area contributed by atoms with Crippen molar-refractivity contribution >= 4 is 34.6 Å². The molecule has 0 bridgehead atoms. The minimum atomic E-state index is -0.467. The van der Waals surface area contributed by atoms with E-state index in [0.29, 0.717) is 0 Å². The molecule has 2 atom stereocenters. The van der Waals surface area contributed by atoms with Gasteiger partial charge in [-0.05, 0) is 37.6 Å². The van der Waals surface area contributed by atoms with E-state index in [1.54, 1.807) is 0 Å². The molecule has 2 aliphatic heterocycles. The van der Waals surface area contributed by atoms with Gasteiger partial charge in [0.25, 0.3) is 0 Å². The minimum Gasteiger partial charge on any atom is -0.345 e. The first-order valence-electron chi connectivity index (χ1n) is 9.50. The third kappa shape index (κ3) is 3.23. The van der Waals surface area contributed by atoms with Crippen LogP contribution >= 0.6 is 0 Å². The van der Waals surface area contributed by atoms with Crippen LogP contribution in [0.15, 0.2) is 24.3 Å². The average Bonchev–Trinajstić information content (AvgIpc) is 3.23. The first-order chi connectivity index (χ1) is 13.5. The highest BCUT2D eigenvalue weighted by Gasteiger charge is 2.45. The predicted octanol–water partition coefficient (Wildman–Crippen LogP) is 1.68. The molecule has 4 N–H and O–H groups in total. The largest absolute Gasteiger partial charge is 0.345 e. The van der Waals surface area contributed by atoms with E-state index in [1.807, 2.05) is 18.2 Å². The van der Waals surface area contributed by atoms with Gasteiger partial charge in [-0.3, -0.25) is 9.69 Å². The fourth-order valence-corrected chi connectivity index (χ4v) is 3.89. The number of fused-ring (bicyclic) bond motifs is 2.